The molecule has 2 aromatic rings. The first-order chi connectivity index (χ1) is 14.8. The van der Waals surface area contributed by atoms with Crippen LogP contribution in [0.5, 0.6) is 11.5 Å². The van der Waals surface area contributed by atoms with E-state index in [2.05, 4.69) is 5.32 Å². The summed E-state index contributed by atoms with van der Waals surface area (Å²) in [6.45, 7) is 3.55. The maximum Gasteiger partial charge on any atom is 0.243 e. The van der Waals surface area contributed by atoms with Gasteiger partial charge in [-0.25, -0.2) is 12.8 Å². The molecule has 2 aliphatic heterocycles. The van der Waals surface area contributed by atoms with Crippen LogP contribution in [0, 0.1) is 5.82 Å². The van der Waals surface area contributed by atoms with Gasteiger partial charge in [-0.2, -0.15) is 4.31 Å². The Bertz CT molecular complexity index is 1060. The smallest absolute Gasteiger partial charge is 0.243 e. The number of nitrogens with one attached hydrogen (secondary N) is 1. The lowest BCUT2D eigenvalue weighted by molar-refractivity contribution is -0.120. The molecule has 10 heteroatoms. The highest BCUT2D eigenvalue weighted by Crippen LogP contribution is 2.34. The highest BCUT2D eigenvalue weighted by molar-refractivity contribution is 7.89. The summed E-state index contributed by atoms with van der Waals surface area (Å²) >= 11 is 0. The number of carbonyl (C=O) groups excluding carboxylic acids is 1. The molecule has 1 saturated heterocycles. The zero-order valence-electron chi connectivity index (χ0n) is 17.1. The molecule has 8 nitrogen and oxygen atoms in total. The van der Waals surface area contributed by atoms with E-state index >= 15 is 0 Å². The summed E-state index contributed by atoms with van der Waals surface area (Å²) in [7, 11) is -3.71. The van der Waals surface area contributed by atoms with Gasteiger partial charge in [0.25, 0.3) is 0 Å². The van der Waals surface area contributed by atoms with E-state index in [4.69, 9.17) is 9.47 Å². The quantitative estimate of drug-likeness (QED) is 0.754. The first-order valence-electron chi connectivity index (χ1n) is 10.0. The Morgan fingerprint density at radius 3 is 2.55 bits per heavy atom. The van der Waals surface area contributed by atoms with Gasteiger partial charge in [0, 0.05) is 37.9 Å². The standard InChI is InChI=1S/C21H24FN3O5S/c1-15(21(26)23-17-5-8-19-20(13-17)30-14-29-19)24-9-2-10-25(12-11-24)31(27,28)18-6-3-16(22)4-7-18/h3-8,13,15H,2,9-12,14H2,1H3,(H,23,26)/t15-/m1/s1. The van der Waals surface area contributed by atoms with Crippen LogP contribution >= 0.6 is 0 Å². The van der Waals surface area contributed by atoms with Crippen LogP contribution < -0.4 is 14.8 Å². The van der Waals surface area contributed by atoms with Crippen molar-refractivity contribution in [3.8, 4) is 11.5 Å². The minimum absolute atomic E-state index is 0.0657. The molecule has 1 fully saturated rings. The van der Waals surface area contributed by atoms with Crippen LogP contribution in [0.15, 0.2) is 47.4 Å². The van der Waals surface area contributed by atoms with Crippen LogP contribution in [-0.4, -0.2) is 62.5 Å². The number of hydrogen-bond acceptors (Lipinski definition) is 6. The van der Waals surface area contributed by atoms with E-state index in [-0.39, 0.29) is 24.1 Å². The summed E-state index contributed by atoms with van der Waals surface area (Å²) in [5.41, 5.74) is 0.608. The van der Waals surface area contributed by atoms with Crippen LogP contribution in [0.3, 0.4) is 0 Å². The average Bonchev–Trinajstić information content (AvgIpc) is 3.07. The summed E-state index contributed by atoms with van der Waals surface area (Å²) in [5.74, 6) is 0.555. The highest BCUT2D eigenvalue weighted by atomic mass is 32.2. The lowest BCUT2D eigenvalue weighted by Gasteiger charge is -2.27. The van der Waals surface area contributed by atoms with Gasteiger partial charge in [-0.1, -0.05) is 0 Å². The maximum absolute atomic E-state index is 13.2. The molecule has 0 aliphatic carbocycles. The lowest BCUT2D eigenvalue weighted by atomic mass is 10.2. The first kappa shape index (κ1) is 21.5. The van der Waals surface area contributed by atoms with E-state index < -0.39 is 21.9 Å². The second-order valence-corrected chi connectivity index (χ2v) is 9.42. The van der Waals surface area contributed by atoms with Crippen molar-refractivity contribution in [1.29, 1.82) is 0 Å². The Labute approximate surface area is 180 Å². The Balaban J connectivity index is 1.38. The number of rotatable bonds is 5. The number of halogens is 1. The van der Waals surface area contributed by atoms with Gasteiger partial charge < -0.3 is 14.8 Å². The number of benzene rings is 2. The van der Waals surface area contributed by atoms with E-state index in [1.165, 1.54) is 16.4 Å². The van der Waals surface area contributed by atoms with Crippen molar-refractivity contribution in [3.05, 3.63) is 48.3 Å². The van der Waals surface area contributed by atoms with Gasteiger partial charge in [-0.3, -0.25) is 9.69 Å². The number of sulfonamides is 1. The van der Waals surface area contributed by atoms with Crippen molar-refractivity contribution >= 4 is 21.6 Å². The molecule has 166 valence electrons. The summed E-state index contributed by atoms with van der Waals surface area (Å²) in [6.07, 6.45) is 0.585. The summed E-state index contributed by atoms with van der Waals surface area (Å²) in [6, 6.07) is 9.58. The summed E-state index contributed by atoms with van der Waals surface area (Å²) in [5, 5.41) is 2.88. The third kappa shape index (κ3) is 4.65. The topological polar surface area (TPSA) is 88.2 Å². The third-order valence-corrected chi connectivity index (χ3v) is 7.42. The fourth-order valence-electron chi connectivity index (χ4n) is 3.68. The van der Waals surface area contributed by atoms with Crippen molar-refractivity contribution in [2.75, 3.05) is 38.3 Å². The van der Waals surface area contributed by atoms with Crippen molar-refractivity contribution in [2.24, 2.45) is 0 Å². The largest absolute Gasteiger partial charge is 0.454 e. The minimum atomic E-state index is -3.71. The molecule has 1 amide bonds. The SMILES string of the molecule is C[C@H](C(=O)Nc1ccc2c(c1)OCO2)N1CCCN(S(=O)(=O)c2ccc(F)cc2)CC1. The van der Waals surface area contributed by atoms with Crippen LogP contribution in [-0.2, 0) is 14.8 Å². The predicted molar refractivity (Wildman–Crippen MR) is 112 cm³/mol. The molecule has 0 unspecified atom stereocenters. The number of nitrogens with zero attached hydrogens (tertiary/aromatic N) is 2. The minimum Gasteiger partial charge on any atom is -0.454 e. The van der Waals surface area contributed by atoms with Gasteiger partial charge >= 0.3 is 0 Å². The number of carbonyl (C=O) groups is 1. The summed E-state index contributed by atoms with van der Waals surface area (Å²) < 4.78 is 50.9. The van der Waals surface area contributed by atoms with Gasteiger partial charge in [0.05, 0.1) is 10.9 Å². The predicted octanol–water partition coefficient (Wildman–Crippen LogP) is 2.28. The normalized spacial score (nSPS) is 18.4. The molecule has 1 N–H and O–H groups in total. The molecule has 1 atom stereocenters. The molecule has 2 aliphatic rings. The maximum atomic E-state index is 13.2. The van der Waals surface area contributed by atoms with E-state index in [0.29, 0.717) is 43.2 Å². The van der Waals surface area contributed by atoms with E-state index in [9.17, 15) is 17.6 Å². The van der Waals surface area contributed by atoms with Crippen LogP contribution in [0.25, 0.3) is 0 Å². The number of ether oxygens (including phenoxy) is 2. The van der Waals surface area contributed by atoms with Gasteiger partial charge in [-0.05, 0) is 49.7 Å². The molecule has 0 spiro atoms. The van der Waals surface area contributed by atoms with Gasteiger partial charge in [0.1, 0.15) is 5.82 Å². The van der Waals surface area contributed by atoms with Crippen molar-refractivity contribution in [3.63, 3.8) is 0 Å². The summed E-state index contributed by atoms with van der Waals surface area (Å²) in [4.78, 5) is 14.8. The average molecular weight is 450 g/mol. The van der Waals surface area contributed by atoms with Crippen LogP contribution in [0.4, 0.5) is 10.1 Å². The lowest BCUT2D eigenvalue weighted by Crippen LogP contribution is -2.44. The molecule has 0 saturated carbocycles. The number of hydrogen-bond donors (Lipinski definition) is 1. The first-order valence-corrected chi connectivity index (χ1v) is 11.5. The molecule has 31 heavy (non-hydrogen) atoms. The van der Waals surface area contributed by atoms with Crippen molar-refractivity contribution in [2.45, 2.75) is 24.3 Å². The van der Waals surface area contributed by atoms with Crippen LogP contribution in [0.1, 0.15) is 13.3 Å². The van der Waals surface area contributed by atoms with Crippen molar-refractivity contribution in [1.82, 2.24) is 9.21 Å². The van der Waals surface area contributed by atoms with E-state index in [1.807, 2.05) is 4.90 Å². The Morgan fingerprint density at radius 2 is 1.77 bits per heavy atom. The molecule has 2 aromatic carbocycles. The fourth-order valence-corrected chi connectivity index (χ4v) is 5.15. The Morgan fingerprint density at radius 1 is 1.03 bits per heavy atom. The molecular formula is C21H24FN3O5S. The van der Waals surface area contributed by atoms with E-state index in [1.54, 1.807) is 25.1 Å². The zero-order chi connectivity index (χ0) is 22.0. The van der Waals surface area contributed by atoms with Gasteiger partial charge in [-0.15, -0.1) is 0 Å². The molecular weight excluding hydrogens is 425 g/mol. The Hall–Kier alpha value is -2.69. The van der Waals surface area contributed by atoms with Gasteiger partial charge in [0.15, 0.2) is 11.5 Å². The van der Waals surface area contributed by atoms with Crippen molar-refractivity contribution < 1.29 is 27.1 Å². The third-order valence-electron chi connectivity index (χ3n) is 5.51. The molecule has 0 bridgehead atoms. The van der Waals surface area contributed by atoms with E-state index in [0.717, 1.165) is 12.1 Å². The number of anilines is 1. The highest BCUT2D eigenvalue weighted by Gasteiger charge is 2.30. The molecule has 2 heterocycles. The monoisotopic (exact) mass is 449 g/mol. The second-order valence-electron chi connectivity index (χ2n) is 7.48. The molecule has 0 radical (unpaired) electrons. The Kier molecular flexibility index (Phi) is 6.12. The second kappa shape index (κ2) is 8.81. The fraction of sp³-hybridized carbons (Fsp3) is 0.381. The van der Waals surface area contributed by atoms with Gasteiger partial charge in [0.2, 0.25) is 22.7 Å². The number of amides is 1. The zero-order valence-corrected chi connectivity index (χ0v) is 17.9. The molecule has 0 aromatic heterocycles. The van der Waals surface area contributed by atoms with Crippen LogP contribution in [0.2, 0.25) is 0 Å². The molecule has 4 rings (SSSR count). The number of fused-ring (bicyclic) bond motifs is 1.